The maximum atomic E-state index is 13.7. The van der Waals surface area contributed by atoms with Gasteiger partial charge in [0.1, 0.15) is 23.5 Å². The molecule has 5 heterocycles. The van der Waals surface area contributed by atoms with Crippen LogP contribution >= 0.6 is 0 Å². The van der Waals surface area contributed by atoms with Crippen LogP contribution in [0.4, 0.5) is 10.5 Å². The van der Waals surface area contributed by atoms with E-state index in [1.54, 1.807) is 45.8 Å². The largest absolute Gasteiger partial charge is 0.332 e. The lowest BCUT2D eigenvalue weighted by Gasteiger charge is -2.34. The molecule has 3 aliphatic heterocycles. The summed E-state index contributed by atoms with van der Waals surface area (Å²) in [5, 5.41) is 15.1. The SMILES string of the molecule is Cn1nc(C(C)(C)C)cc1C(=O)N1C[C@H]2CC1[C@@H]1C(=O)N(c3cnc(C#N)c4ccccc34)C(=O)N21. The summed E-state index contributed by atoms with van der Waals surface area (Å²) in [4.78, 5) is 49.5. The number of anilines is 1. The van der Waals surface area contributed by atoms with E-state index >= 15 is 0 Å². The number of aryl methyl sites for hydroxylation is 1. The minimum atomic E-state index is -0.745. The Morgan fingerprint density at radius 3 is 2.56 bits per heavy atom. The van der Waals surface area contributed by atoms with Gasteiger partial charge in [-0.3, -0.25) is 14.3 Å². The lowest BCUT2D eigenvalue weighted by Crippen LogP contribution is -2.55. The van der Waals surface area contributed by atoms with Gasteiger partial charge in [0.2, 0.25) is 0 Å². The Hall–Kier alpha value is -4.26. The van der Waals surface area contributed by atoms with Crippen molar-refractivity contribution >= 4 is 34.3 Å². The first-order valence-corrected chi connectivity index (χ1v) is 11.9. The molecule has 2 aromatic heterocycles. The molecule has 0 saturated carbocycles. The van der Waals surface area contributed by atoms with Crippen molar-refractivity contribution in [3.63, 3.8) is 0 Å². The summed E-state index contributed by atoms with van der Waals surface area (Å²) >= 11 is 0. The van der Waals surface area contributed by atoms with E-state index in [0.29, 0.717) is 35.1 Å². The maximum Gasteiger partial charge on any atom is 0.332 e. The molecule has 3 atom stereocenters. The number of benzene rings is 1. The average Bonchev–Trinajstić information content (AvgIpc) is 3.60. The van der Waals surface area contributed by atoms with Gasteiger partial charge in [-0.05, 0) is 12.5 Å². The van der Waals surface area contributed by atoms with Gasteiger partial charge in [0.15, 0.2) is 0 Å². The lowest BCUT2D eigenvalue weighted by atomic mass is 9.92. The molecule has 3 fully saturated rings. The molecule has 0 N–H and O–H groups in total. The quantitative estimate of drug-likeness (QED) is 0.518. The van der Waals surface area contributed by atoms with E-state index in [4.69, 9.17) is 0 Å². The fourth-order valence-corrected chi connectivity index (χ4v) is 5.74. The van der Waals surface area contributed by atoms with Gasteiger partial charge in [0.05, 0.1) is 29.7 Å². The van der Waals surface area contributed by atoms with E-state index in [9.17, 15) is 19.6 Å². The summed E-state index contributed by atoms with van der Waals surface area (Å²) in [6.07, 6.45) is 1.98. The third-order valence-electron chi connectivity index (χ3n) is 7.51. The molecule has 1 aromatic carbocycles. The van der Waals surface area contributed by atoms with Crippen molar-refractivity contribution in [2.75, 3.05) is 11.4 Å². The zero-order valence-corrected chi connectivity index (χ0v) is 20.5. The van der Waals surface area contributed by atoms with Crippen LogP contribution in [-0.2, 0) is 17.3 Å². The highest BCUT2D eigenvalue weighted by atomic mass is 16.2. The molecule has 4 amide bonds. The van der Waals surface area contributed by atoms with Crippen LogP contribution in [0, 0.1) is 11.3 Å². The molecule has 36 heavy (non-hydrogen) atoms. The number of pyridine rings is 1. The van der Waals surface area contributed by atoms with Crippen LogP contribution in [0.3, 0.4) is 0 Å². The van der Waals surface area contributed by atoms with E-state index in [2.05, 4.69) is 16.2 Å². The number of nitriles is 1. The highest BCUT2D eigenvalue weighted by molar-refractivity contribution is 6.25. The molecule has 3 aliphatic rings. The average molecular weight is 484 g/mol. The van der Waals surface area contributed by atoms with Crippen molar-refractivity contribution in [2.24, 2.45) is 7.05 Å². The van der Waals surface area contributed by atoms with E-state index < -0.39 is 18.1 Å². The molecule has 10 nitrogen and oxygen atoms in total. The number of imide groups is 1. The summed E-state index contributed by atoms with van der Waals surface area (Å²) in [6, 6.07) is 9.18. The predicted octanol–water partition coefficient (Wildman–Crippen LogP) is 2.57. The minimum absolute atomic E-state index is 0.183. The van der Waals surface area contributed by atoms with Crippen LogP contribution in [0.1, 0.15) is 49.1 Å². The topological polar surface area (TPSA) is 115 Å². The molecule has 3 aromatic rings. The van der Waals surface area contributed by atoms with E-state index in [-0.39, 0.29) is 29.0 Å². The van der Waals surface area contributed by atoms with Crippen LogP contribution in [0.2, 0.25) is 0 Å². The Balaban J connectivity index is 1.34. The number of carbonyl (C=O) groups excluding carboxylic acids is 3. The monoisotopic (exact) mass is 483 g/mol. The second-order valence-corrected chi connectivity index (χ2v) is 10.7. The van der Waals surface area contributed by atoms with Crippen LogP contribution in [0.25, 0.3) is 10.8 Å². The van der Waals surface area contributed by atoms with Gasteiger partial charge in [-0.25, -0.2) is 14.7 Å². The number of urea groups is 1. The van der Waals surface area contributed by atoms with Gasteiger partial charge in [-0.1, -0.05) is 45.0 Å². The number of hydrogen-bond donors (Lipinski definition) is 0. The van der Waals surface area contributed by atoms with Crippen molar-refractivity contribution in [3.8, 4) is 6.07 Å². The number of hydrogen-bond acceptors (Lipinski definition) is 6. The molecule has 1 unspecified atom stereocenters. The third-order valence-corrected chi connectivity index (χ3v) is 7.51. The van der Waals surface area contributed by atoms with Gasteiger partial charge < -0.3 is 9.80 Å². The van der Waals surface area contributed by atoms with Crippen molar-refractivity contribution in [1.29, 1.82) is 5.26 Å². The molecule has 6 rings (SSSR count). The standard InChI is InChI=1S/C26H25N7O3/c1-26(2,3)21-10-19(30(4)29-21)23(34)31-13-14-9-18(31)22-24(35)33(25(36)32(14)22)20-12-28-17(11-27)15-7-5-6-8-16(15)20/h5-8,10,12,14,18,22H,9,13H2,1-4H3/t14-,18?,22-/m1/s1. The minimum Gasteiger partial charge on any atom is -0.330 e. The second kappa shape index (κ2) is 7.37. The Kier molecular flexibility index (Phi) is 4.55. The molecular weight excluding hydrogens is 458 g/mol. The lowest BCUT2D eigenvalue weighted by molar-refractivity contribution is -0.121. The first kappa shape index (κ1) is 22.2. The molecule has 0 radical (unpaired) electrons. The molecule has 0 aliphatic carbocycles. The van der Waals surface area contributed by atoms with Crippen LogP contribution < -0.4 is 4.90 Å². The number of rotatable bonds is 2. The first-order chi connectivity index (χ1) is 17.1. The van der Waals surface area contributed by atoms with Crippen molar-refractivity contribution in [2.45, 2.75) is 50.7 Å². The van der Waals surface area contributed by atoms with Gasteiger partial charge in [-0.2, -0.15) is 10.4 Å². The number of piperazine rings is 1. The van der Waals surface area contributed by atoms with Crippen molar-refractivity contribution in [1.82, 2.24) is 24.6 Å². The number of nitrogens with zero attached hydrogens (tertiary/aromatic N) is 7. The van der Waals surface area contributed by atoms with Gasteiger partial charge in [0.25, 0.3) is 11.8 Å². The van der Waals surface area contributed by atoms with Crippen LogP contribution in [0.15, 0.2) is 36.5 Å². The molecular formula is C26H25N7O3. The van der Waals surface area contributed by atoms with E-state index in [1.807, 2.05) is 26.8 Å². The number of fused-ring (bicyclic) bond motifs is 6. The molecule has 182 valence electrons. The Morgan fingerprint density at radius 2 is 1.89 bits per heavy atom. The summed E-state index contributed by atoms with van der Waals surface area (Å²) in [7, 11) is 1.75. The fraction of sp³-hybridized carbons (Fsp3) is 0.385. The smallest absolute Gasteiger partial charge is 0.330 e. The molecule has 2 bridgehead atoms. The van der Waals surface area contributed by atoms with E-state index in [1.165, 1.54) is 6.20 Å². The zero-order valence-electron chi connectivity index (χ0n) is 20.5. The van der Waals surface area contributed by atoms with Crippen molar-refractivity contribution in [3.05, 3.63) is 53.6 Å². The number of carbonyl (C=O) groups is 3. The normalized spacial score (nSPS) is 23.1. The number of aromatic nitrogens is 3. The third kappa shape index (κ3) is 2.92. The molecule has 3 saturated heterocycles. The van der Waals surface area contributed by atoms with Crippen LogP contribution in [-0.4, -0.2) is 67.1 Å². The van der Waals surface area contributed by atoms with Gasteiger partial charge in [0, 0.05) is 29.8 Å². The van der Waals surface area contributed by atoms with Gasteiger partial charge >= 0.3 is 6.03 Å². The summed E-state index contributed by atoms with van der Waals surface area (Å²) in [5.41, 5.74) is 1.67. The van der Waals surface area contributed by atoms with E-state index in [0.717, 1.165) is 10.6 Å². The van der Waals surface area contributed by atoms with Gasteiger partial charge in [-0.15, -0.1) is 0 Å². The Bertz CT molecular complexity index is 1510. The zero-order chi connectivity index (χ0) is 25.5. The highest BCUT2D eigenvalue weighted by Crippen LogP contribution is 2.44. The summed E-state index contributed by atoms with van der Waals surface area (Å²) < 4.78 is 1.59. The molecule has 0 spiro atoms. The highest BCUT2D eigenvalue weighted by Gasteiger charge is 2.63. The Morgan fingerprint density at radius 1 is 1.17 bits per heavy atom. The summed E-state index contributed by atoms with van der Waals surface area (Å²) in [6.45, 7) is 6.49. The number of amides is 4. The summed E-state index contributed by atoms with van der Waals surface area (Å²) in [5.74, 6) is -0.557. The van der Waals surface area contributed by atoms with Crippen LogP contribution in [0.5, 0.6) is 0 Å². The Labute approximate surface area is 207 Å². The maximum absolute atomic E-state index is 13.7. The predicted molar refractivity (Wildman–Crippen MR) is 130 cm³/mol. The first-order valence-electron chi connectivity index (χ1n) is 11.9. The number of likely N-dealkylation sites (tertiary alicyclic amines) is 1. The van der Waals surface area contributed by atoms with Crippen molar-refractivity contribution < 1.29 is 14.4 Å². The second-order valence-electron chi connectivity index (χ2n) is 10.7. The molecule has 10 heteroatoms. The fourth-order valence-electron chi connectivity index (χ4n) is 5.74.